The lowest BCUT2D eigenvalue weighted by Gasteiger charge is -2.22. The van der Waals surface area contributed by atoms with Gasteiger partial charge in [0.05, 0.1) is 4.90 Å². The van der Waals surface area contributed by atoms with Crippen molar-refractivity contribution in [3.63, 3.8) is 0 Å². The van der Waals surface area contributed by atoms with Crippen LogP contribution in [0, 0.1) is 0 Å². The van der Waals surface area contributed by atoms with Gasteiger partial charge >= 0.3 is 0 Å². The molecule has 0 amide bonds. The molecule has 0 saturated heterocycles. The van der Waals surface area contributed by atoms with Crippen LogP contribution in [0.1, 0.15) is 69.3 Å². The Morgan fingerprint density at radius 2 is 1.38 bits per heavy atom. The van der Waals surface area contributed by atoms with Gasteiger partial charge in [-0.2, -0.15) is 0 Å². The van der Waals surface area contributed by atoms with Gasteiger partial charge < -0.3 is 0 Å². The van der Waals surface area contributed by atoms with Crippen molar-refractivity contribution in [3.8, 4) is 0 Å². The third-order valence-corrected chi connectivity index (χ3v) is 6.48. The summed E-state index contributed by atoms with van der Waals surface area (Å²) in [5, 5.41) is 0. The number of hydrogen-bond acceptors (Lipinski definition) is 2. The van der Waals surface area contributed by atoms with Crippen molar-refractivity contribution in [2.75, 3.05) is 0 Å². The van der Waals surface area contributed by atoms with Gasteiger partial charge in [0.2, 0.25) is 10.0 Å². The molecule has 0 atom stereocenters. The quantitative estimate of drug-likeness (QED) is 0.915. The average Bonchev–Trinajstić information content (AvgIpc) is 3.00. The Bertz CT molecular complexity index is 553. The molecule has 4 heteroatoms. The van der Waals surface area contributed by atoms with Gasteiger partial charge in [-0.15, -0.1) is 0 Å². The molecule has 3 nitrogen and oxygen atoms in total. The molecule has 1 aromatic carbocycles. The maximum Gasteiger partial charge on any atom is 0.240 e. The molecule has 0 aromatic heterocycles. The van der Waals surface area contributed by atoms with Gasteiger partial charge in [-0.1, -0.05) is 44.2 Å². The molecular formula is C17H25NO2S. The monoisotopic (exact) mass is 307 g/mol. The fourth-order valence-electron chi connectivity index (χ4n) is 3.69. The maximum atomic E-state index is 12.4. The van der Waals surface area contributed by atoms with Crippen molar-refractivity contribution in [1.29, 1.82) is 0 Å². The third kappa shape index (κ3) is 3.67. The van der Waals surface area contributed by atoms with Crippen LogP contribution < -0.4 is 4.72 Å². The molecule has 2 fully saturated rings. The predicted molar refractivity (Wildman–Crippen MR) is 84.8 cm³/mol. The third-order valence-electron chi connectivity index (χ3n) is 4.94. The summed E-state index contributed by atoms with van der Waals surface area (Å²) < 4.78 is 27.6. The van der Waals surface area contributed by atoms with Crippen molar-refractivity contribution >= 4 is 10.0 Å². The van der Waals surface area contributed by atoms with E-state index in [1.54, 1.807) is 12.1 Å². The number of rotatable bonds is 4. The molecule has 0 bridgehead atoms. The van der Waals surface area contributed by atoms with Crippen molar-refractivity contribution in [2.45, 2.75) is 74.6 Å². The predicted octanol–water partition coefficient (Wildman–Crippen LogP) is 3.96. The average molecular weight is 307 g/mol. The zero-order chi connectivity index (χ0) is 14.7. The smallest absolute Gasteiger partial charge is 0.208 e. The lowest BCUT2D eigenvalue weighted by molar-refractivity contribution is 0.443. The van der Waals surface area contributed by atoms with E-state index in [0.717, 1.165) is 25.7 Å². The van der Waals surface area contributed by atoms with Gasteiger partial charge in [-0.3, -0.25) is 0 Å². The first kappa shape index (κ1) is 15.0. The molecule has 2 aliphatic carbocycles. The van der Waals surface area contributed by atoms with Crippen LogP contribution in [0.4, 0.5) is 0 Å². The molecule has 2 aliphatic rings. The minimum atomic E-state index is -3.34. The second-order valence-electron chi connectivity index (χ2n) is 6.51. The SMILES string of the molecule is O=S(=O)(NC1CCCC1)c1ccc(C2CCCCC2)cc1. The van der Waals surface area contributed by atoms with E-state index >= 15 is 0 Å². The zero-order valence-electron chi connectivity index (χ0n) is 12.6. The van der Waals surface area contributed by atoms with Crippen LogP contribution in [0.5, 0.6) is 0 Å². The van der Waals surface area contributed by atoms with E-state index in [1.165, 1.54) is 37.7 Å². The van der Waals surface area contributed by atoms with Gasteiger partial charge in [0, 0.05) is 6.04 Å². The Balaban J connectivity index is 1.70. The largest absolute Gasteiger partial charge is 0.240 e. The van der Waals surface area contributed by atoms with Gasteiger partial charge in [0.25, 0.3) is 0 Å². The Morgan fingerprint density at radius 1 is 0.810 bits per heavy atom. The molecule has 2 saturated carbocycles. The van der Waals surface area contributed by atoms with Crippen molar-refractivity contribution < 1.29 is 8.42 Å². The maximum absolute atomic E-state index is 12.4. The lowest BCUT2D eigenvalue weighted by atomic mass is 9.84. The van der Waals surface area contributed by atoms with Crippen LogP contribution in [0.3, 0.4) is 0 Å². The number of benzene rings is 1. The van der Waals surface area contributed by atoms with Crippen LogP contribution in [0.25, 0.3) is 0 Å². The Morgan fingerprint density at radius 3 is 2.00 bits per heavy atom. The van der Waals surface area contributed by atoms with Crippen LogP contribution in [-0.4, -0.2) is 14.5 Å². The normalized spacial score (nSPS) is 21.7. The Hall–Kier alpha value is -0.870. The van der Waals surface area contributed by atoms with Gasteiger partial charge in [-0.05, 0) is 49.3 Å². The molecule has 0 heterocycles. The summed E-state index contributed by atoms with van der Waals surface area (Å²) in [6.45, 7) is 0. The number of nitrogens with one attached hydrogen (secondary N) is 1. The highest BCUT2D eigenvalue weighted by molar-refractivity contribution is 7.89. The molecule has 0 radical (unpaired) electrons. The van der Waals surface area contributed by atoms with E-state index in [0.29, 0.717) is 10.8 Å². The first-order chi connectivity index (χ1) is 10.1. The Kier molecular flexibility index (Phi) is 4.65. The number of hydrogen-bond donors (Lipinski definition) is 1. The van der Waals surface area contributed by atoms with Crippen molar-refractivity contribution in [1.82, 2.24) is 4.72 Å². The summed E-state index contributed by atoms with van der Waals surface area (Å²) in [6, 6.07) is 7.72. The second-order valence-corrected chi connectivity index (χ2v) is 8.22. The topological polar surface area (TPSA) is 46.2 Å². The highest BCUT2D eigenvalue weighted by atomic mass is 32.2. The highest BCUT2D eigenvalue weighted by Crippen LogP contribution is 2.33. The molecule has 0 spiro atoms. The van der Waals surface area contributed by atoms with Crippen LogP contribution in [0.2, 0.25) is 0 Å². The van der Waals surface area contributed by atoms with Gasteiger partial charge in [-0.25, -0.2) is 13.1 Å². The lowest BCUT2D eigenvalue weighted by Crippen LogP contribution is -2.32. The number of sulfonamides is 1. The fraction of sp³-hybridized carbons (Fsp3) is 0.647. The highest BCUT2D eigenvalue weighted by Gasteiger charge is 2.23. The zero-order valence-corrected chi connectivity index (χ0v) is 13.4. The van der Waals surface area contributed by atoms with Gasteiger partial charge in [0.15, 0.2) is 0 Å². The first-order valence-electron chi connectivity index (χ1n) is 8.27. The summed E-state index contributed by atoms with van der Waals surface area (Å²) in [5.41, 5.74) is 1.30. The molecule has 0 unspecified atom stereocenters. The van der Waals surface area contributed by atoms with E-state index in [2.05, 4.69) is 4.72 Å². The minimum Gasteiger partial charge on any atom is -0.208 e. The fourth-order valence-corrected chi connectivity index (χ4v) is 4.99. The summed E-state index contributed by atoms with van der Waals surface area (Å²) in [5.74, 6) is 0.623. The van der Waals surface area contributed by atoms with Crippen LogP contribution in [0.15, 0.2) is 29.2 Å². The van der Waals surface area contributed by atoms with Crippen LogP contribution in [-0.2, 0) is 10.0 Å². The summed E-state index contributed by atoms with van der Waals surface area (Å²) in [4.78, 5) is 0.411. The Labute approximate surface area is 128 Å². The second kappa shape index (κ2) is 6.49. The van der Waals surface area contributed by atoms with E-state index in [1.807, 2.05) is 12.1 Å². The summed E-state index contributed by atoms with van der Waals surface area (Å²) in [6.07, 6.45) is 10.6. The molecular weight excluding hydrogens is 282 g/mol. The minimum absolute atomic E-state index is 0.132. The molecule has 116 valence electrons. The summed E-state index contributed by atoms with van der Waals surface area (Å²) in [7, 11) is -3.34. The molecule has 21 heavy (non-hydrogen) atoms. The van der Waals surface area contributed by atoms with Crippen molar-refractivity contribution in [3.05, 3.63) is 29.8 Å². The molecule has 0 aliphatic heterocycles. The molecule has 3 rings (SSSR count). The van der Waals surface area contributed by atoms with E-state index in [-0.39, 0.29) is 6.04 Å². The molecule has 1 N–H and O–H groups in total. The van der Waals surface area contributed by atoms with Gasteiger partial charge in [0.1, 0.15) is 0 Å². The van der Waals surface area contributed by atoms with Crippen molar-refractivity contribution in [2.24, 2.45) is 0 Å². The van der Waals surface area contributed by atoms with E-state index < -0.39 is 10.0 Å². The van der Waals surface area contributed by atoms with Crippen LogP contribution >= 0.6 is 0 Å². The van der Waals surface area contributed by atoms with E-state index in [4.69, 9.17) is 0 Å². The summed E-state index contributed by atoms with van der Waals surface area (Å²) >= 11 is 0. The molecule has 1 aromatic rings. The van der Waals surface area contributed by atoms with E-state index in [9.17, 15) is 8.42 Å². The first-order valence-corrected chi connectivity index (χ1v) is 9.76. The standard InChI is InChI=1S/C17H25NO2S/c19-21(20,18-16-8-4-5-9-16)17-12-10-15(11-13-17)14-6-2-1-3-7-14/h10-14,16,18H,1-9H2.